The molecule has 0 aliphatic rings. The number of amides is 2. The molecule has 1 aromatic heterocycles. The van der Waals surface area contributed by atoms with Gasteiger partial charge in [-0.05, 0) is 48.9 Å². The third-order valence-corrected chi connectivity index (χ3v) is 5.00. The van der Waals surface area contributed by atoms with Crippen LogP contribution in [-0.2, 0) is 4.79 Å². The highest BCUT2D eigenvalue weighted by molar-refractivity contribution is 9.10. The Bertz CT molecular complexity index is 922. The number of fused-ring (bicyclic) bond motifs is 1. The first-order chi connectivity index (χ1) is 12.0. The van der Waals surface area contributed by atoms with Crippen LogP contribution in [0.1, 0.15) is 22.3 Å². The largest absolute Gasteiger partial charge is 0.352 e. The number of halogens is 1. The normalized spacial score (nSPS) is 10.6. The fourth-order valence-corrected chi connectivity index (χ4v) is 3.50. The number of hydrogen-bond donors (Lipinski definition) is 2. The maximum atomic E-state index is 12.0. The van der Waals surface area contributed by atoms with Crippen LogP contribution in [0.4, 0.5) is 5.13 Å². The van der Waals surface area contributed by atoms with Crippen molar-refractivity contribution >= 4 is 54.4 Å². The van der Waals surface area contributed by atoms with Gasteiger partial charge in [0.2, 0.25) is 5.91 Å². The summed E-state index contributed by atoms with van der Waals surface area (Å²) in [4.78, 5) is 28.4. The minimum absolute atomic E-state index is 0.174. The molecule has 3 rings (SSSR count). The van der Waals surface area contributed by atoms with Gasteiger partial charge in [-0.15, -0.1) is 0 Å². The first kappa shape index (κ1) is 17.6. The molecule has 5 nitrogen and oxygen atoms in total. The lowest BCUT2D eigenvalue weighted by atomic mass is 10.2. The first-order valence-corrected chi connectivity index (χ1v) is 9.33. The molecule has 0 saturated carbocycles. The van der Waals surface area contributed by atoms with E-state index in [4.69, 9.17) is 0 Å². The van der Waals surface area contributed by atoms with Crippen molar-refractivity contribution in [1.29, 1.82) is 0 Å². The highest BCUT2D eigenvalue weighted by atomic mass is 79.9. The standard InChI is InChI=1S/C18H16BrN3O2S/c1-11-2-7-14-15(10-11)25-18(21-14)22-16(23)8-9-20-17(24)12-3-5-13(19)6-4-12/h2-7,10H,8-9H2,1H3,(H,20,24)(H,21,22,23). The zero-order chi connectivity index (χ0) is 17.8. The number of anilines is 1. The number of benzene rings is 2. The maximum Gasteiger partial charge on any atom is 0.251 e. The van der Waals surface area contributed by atoms with Crippen molar-refractivity contribution in [1.82, 2.24) is 10.3 Å². The molecule has 0 saturated heterocycles. The van der Waals surface area contributed by atoms with E-state index < -0.39 is 0 Å². The summed E-state index contributed by atoms with van der Waals surface area (Å²) in [5.74, 6) is -0.373. The third-order valence-electron chi connectivity index (χ3n) is 3.53. The number of thiazole rings is 1. The van der Waals surface area contributed by atoms with Gasteiger partial charge in [-0.1, -0.05) is 33.3 Å². The Kier molecular flexibility index (Phi) is 5.45. The van der Waals surface area contributed by atoms with Crippen LogP contribution in [-0.4, -0.2) is 23.3 Å². The topological polar surface area (TPSA) is 71.1 Å². The van der Waals surface area contributed by atoms with E-state index >= 15 is 0 Å². The van der Waals surface area contributed by atoms with Gasteiger partial charge in [0.15, 0.2) is 5.13 Å². The monoisotopic (exact) mass is 417 g/mol. The molecule has 0 unspecified atom stereocenters. The highest BCUT2D eigenvalue weighted by Gasteiger charge is 2.09. The minimum Gasteiger partial charge on any atom is -0.352 e. The van der Waals surface area contributed by atoms with E-state index in [-0.39, 0.29) is 24.8 Å². The summed E-state index contributed by atoms with van der Waals surface area (Å²) in [6.45, 7) is 2.29. The van der Waals surface area contributed by atoms with E-state index in [9.17, 15) is 9.59 Å². The number of aromatic nitrogens is 1. The van der Waals surface area contributed by atoms with Crippen LogP contribution in [0, 0.1) is 6.92 Å². The van der Waals surface area contributed by atoms with Crippen molar-refractivity contribution < 1.29 is 9.59 Å². The minimum atomic E-state index is -0.198. The summed E-state index contributed by atoms with van der Waals surface area (Å²) < 4.78 is 1.95. The average molecular weight is 418 g/mol. The number of nitrogens with one attached hydrogen (secondary N) is 2. The third kappa shape index (κ3) is 4.64. The Labute approximate surface area is 157 Å². The van der Waals surface area contributed by atoms with Gasteiger partial charge >= 0.3 is 0 Å². The molecule has 128 valence electrons. The van der Waals surface area contributed by atoms with Crippen molar-refractivity contribution in [3.63, 3.8) is 0 Å². The van der Waals surface area contributed by atoms with Crippen molar-refractivity contribution in [2.24, 2.45) is 0 Å². The number of nitrogens with zero attached hydrogens (tertiary/aromatic N) is 1. The van der Waals surface area contributed by atoms with Crippen LogP contribution >= 0.6 is 27.3 Å². The summed E-state index contributed by atoms with van der Waals surface area (Å²) in [7, 11) is 0. The Morgan fingerprint density at radius 2 is 1.92 bits per heavy atom. The molecule has 7 heteroatoms. The second kappa shape index (κ2) is 7.76. The molecule has 0 aliphatic heterocycles. The van der Waals surface area contributed by atoms with Gasteiger partial charge in [0.25, 0.3) is 5.91 Å². The molecule has 1 heterocycles. The molecule has 0 aliphatic carbocycles. The molecule has 3 aromatic rings. The lowest BCUT2D eigenvalue weighted by Crippen LogP contribution is -2.27. The SMILES string of the molecule is Cc1ccc2nc(NC(=O)CCNC(=O)c3ccc(Br)cc3)sc2c1. The summed E-state index contributed by atoms with van der Waals surface area (Å²) in [5.41, 5.74) is 2.59. The molecule has 2 amide bonds. The molecule has 0 atom stereocenters. The second-order valence-electron chi connectivity index (χ2n) is 5.55. The number of carbonyl (C=O) groups is 2. The molecule has 0 spiro atoms. The van der Waals surface area contributed by atoms with E-state index in [0.717, 1.165) is 20.3 Å². The van der Waals surface area contributed by atoms with Crippen LogP contribution in [0.15, 0.2) is 46.9 Å². The number of rotatable bonds is 5. The number of hydrogen-bond acceptors (Lipinski definition) is 4. The summed E-state index contributed by atoms with van der Waals surface area (Å²) in [5, 5.41) is 6.09. The van der Waals surface area contributed by atoms with Crippen molar-refractivity contribution in [2.45, 2.75) is 13.3 Å². The molecule has 0 radical (unpaired) electrons. The lowest BCUT2D eigenvalue weighted by molar-refractivity contribution is -0.116. The Morgan fingerprint density at radius 1 is 1.16 bits per heavy atom. The van der Waals surface area contributed by atoms with E-state index in [1.165, 1.54) is 11.3 Å². The van der Waals surface area contributed by atoms with Gasteiger partial charge in [-0.3, -0.25) is 9.59 Å². The fraction of sp³-hybridized carbons (Fsp3) is 0.167. The van der Waals surface area contributed by atoms with Crippen LogP contribution in [0.2, 0.25) is 0 Å². The van der Waals surface area contributed by atoms with E-state index in [0.29, 0.717) is 10.7 Å². The zero-order valence-corrected chi connectivity index (χ0v) is 15.9. The van der Waals surface area contributed by atoms with Gasteiger partial charge in [-0.25, -0.2) is 4.98 Å². The van der Waals surface area contributed by atoms with Gasteiger partial charge in [0.1, 0.15) is 0 Å². The van der Waals surface area contributed by atoms with Crippen LogP contribution in [0.25, 0.3) is 10.2 Å². The van der Waals surface area contributed by atoms with Gasteiger partial charge in [0, 0.05) is 23.0 Å². The van der Waals surface area contributed by atoms with E-state index in [1.54, 1.807) is 24.3 Å². The van der Waals surface area contributed by atoms with Crippen LogP contribution < -0.4 is 10.6 Å². The van der Waals surface area contributed by atoms with Crippen molar-refractivity contribution in [3.05, 3.63) is 58.1 Å². The van der Waals surface area contributed by atoms with Crippen molar-refractivity contribution in [3.8, 4) is 0 Å². The molecule has 0 bridgehead atoms. The summed E-state index contributed by atoms with van der Waals surface area (Å²) in [6.07, 6.45) is 0.192. The molecular formula is C18H16BrN3O2S. The molecule has 0 fully saturated rings. The van der Waals surface area contributed by atoms with Crippen LogP contribution in [0.5, 0.6) is 0 Å². The fourth-order valence-electron chi connectivity index (χ4n) is 2.26. The highest BCUT2D eigenvalue weighted by Crippen LogP contribution is 2.26. The molecule has 2 N–H and O–H groups in total. The average Bonchev–Trinajstić information content (AvgIpc) is 2.96. The number of aryl methyl sites for hydroxylation is 1. The predicted octanol–water partition coefficient (Wildman–Crippen LogP) is 4.13. The summed E-state index contributed by atoms with van der Waals surface area (Å²) >= 11 is 4.77. The van der Waals surface area contributed by atoms with E-state index in [1.807, 2.05) is 25.1 Å². The predicted molar refractivity (Wildman–Crippen MR) is 104 cm³/mol. The quantitative estimate of drug-likeness (QED) is 0.655. The molecular weight excluding hydrogens is 402 g/mol. The zero-order valence-electron chi connectivity index (χ0n) is 13.5. The van der Waals surface area contributed by atoms with Gasteiger partial charge in [0.05, 0.1) is 10.2 Å². The lowest BCUT2D eigenvalue weighted by Gasteiger charge is -2.05. The van der Waals surface area contributed by atoms with Gasteiger partial charge in [-0.2, -0.15) is 0 Å². The van der Waals surface area contributed by atoms with E-state index in [2.05, 4.69) is 31.5 Å². The summed E-state index contributed by atoms with van der Waals surface area (Å²) in [6, 6.07) is 13.0. The molecule has 25 heavy (non-hydrogen) atoms. The van der Waals surface area contributed by atoms with Crippen molar-refractivity contribution in [2.75, 3.05) is 11.9 Å². The number of carbonyl (C=O) groups excluding carboxylic acids is 2. The van der Waals surface area contributed by atoms with Gasteiger partial charge < -0.3 is 10.6 Å². The first-order valence-electron chi connectivity index (χ1n) is 7.72. The maximum absolute atomic E-state index is 12.0. The van der Waals surface area contributed by atoms with Crippen LogP contribution in [0.3, 0.4) is 0 Å². The smallest absolute Gasteiger partial charge is 0.251 e. The Hall–Kier alpha value is -2.25. The second-order valence-corrected chi connectivity index (χ2v) is 7.50. The Morgan fingerprint density at radius 3 is 2.68 bits per heavy atom. The molecule has 2 aromatic carbocycles. The Balaban J connectivity index is 1.50.